The molecule has 0 saturated heterocycles. The smallest absolute Gasteiger partial charge is 0.189 e. The summed E-state index contributed by atoms with van der Waals surface area (Å²) in [7, 11) is 0. The van der Waals surface area contributed by atoms with E-state index in [0.29, 0.717) is 11.7 Å². The van der Waals surface area contributed by atoms with Crippen LogP contribution in [-0.2, 0) is 6.00 Å². The topological polar surface area (TPSA) is 22.2 Å². The number of aromatic nitrogens is 2. The van der Waals surface area contributed by atoms with Crippen molar-refractivity contribution in [2.24, 2.45) is 0 Å². The molecular weight excluding hydrogens is 186 g/mol. The number of rotatable bonds is 1. The van der Waals surface area contributed by atoms with Gasteiger partial charge in [0.25, 0.3) is 0 Å². The largest absolute Gasteiger partial charge is 0.316 e. The van der Waals surface area contributed by atoms with Crippen molar-refractivity contribution >= 4 is 28.3 Å². The number of nitrogens with zero attached hydrogens (tertiary/aromatic N) is 3. The lowest BCUT2D eigenvalue weighted by Crippen LogP contribution is -1.87. The highest BCUT2D eigenvalue weighted by Crippen LogP contribution is 2.20. The number of halogens is 1. The van der Waals surface area contributed by atoms with Crippen molar-refractivity contribution in [3.8, 4) is 0 Å². The molecule has 0 aliphatic heterocycles. The van der Waals surface area contributed by atoms with Gasteiger partial charge in [0.15, 0.2) is 5.69 Å². The summed E-state index contributed by atoms with van der Waals surface area (Å²) in [4.78, 5) is 7.46. The van der Waals surface area contributed by atoms with Crippen LogP contribution in [0.2, 0.25) is 0 Å². The molecule has 2 aromatic rings. The Morgan fingerprint density at radius 3 is 3.08 bits per heavy atom. The van der Waals surface area contributed by atoms with E-state index in [2.05, 4.69) is 9.83 Å². The van der Waals surface area contributed by atoms with Gasteiger partial charge in [-0.15, -0.1) is 11.6 Å². The maximum atomic E-state index is 6.83. The molecule has 1 heterocycles. The van der Waals surface area contributed by atoms with E-state index in [1.54, 1.807) is 18.5 Å². The van der Waals surface area contributed by atoms with Crippen molar-refractivity contribution in [3.63, 3.8) is 0 Å². The molecule has 1 aromatic carbocycles. The molecule has 1 aromatic heterocycles. The zero-order valence-corrected chi connectivity index (χ0v) is 7.49. The molecule has 0 fully saturated rings. The second kappa shape index (κ2) is 3.08. The monoisotopic (exact) mass is 191 g/mol. The second-order valence-electron chi connectivity index (χ2n) is 2.62. The molecule has 0 saturated carbocycles. The van der Waals surface area contributed by atoms with Crippen LogP contribution in [0.5, 0.6) is 0 Å². The molecule has 0 bridgehead atoms. The predicted molar refractivity (Wildman–Crippen MR) is 51.8 cm³/mol. The molecule has 0 atom stereocenters. The third-order valence-corrected chi connectivity index (χ3v) is 2.12. The van der Waals surface area contributed by atoms with Gasteiger partial charge in [0.2, 0.25) is 0 Å². The van der Waals surface area contributed by atoms with Crippen molar-refractivity contribution in [2.75, 3.05) is 0 Å². The van der Waals surface area contributed by atoms with Crippen LogP contribution in [0, 0.1) is 6.57 Å². The Bertz CT molecular complexity index is 481. The fourth-order valence-corrected chi connectivity index (χ4v) is 1.41. The third-order valence-electron chi connectivity index (χ3n) is 1.86. The van der Waals surface area contributed by atoms with Gasteiger partial charge < -0.3 is 4.57 Å². The highest BCUT2D eigenvalue weighted by atomic mass is 35.5. The second-order valence-corrected chi connectivity index (χ2v) is 2.86. The molecule has 0 amide bonds. The van der Waals surface area contributed by atoms with Crippen molar-refractivity contribution in [1.29, 1.82) is 0 Å². The van der Waals surface area contributed by atoms with Crippen molar-refractivity contribution in [1.82, 2.24) is 9.55 Å². The number of benzene rings is 1. The van der Waals surface area contributed by atoms with Crippen LogP contribution in [0.1, 0.15) is 0 Å². The van der Waals surface area contributed by atoms with E-state index in [1.165, 1.54) is 0 Å². The Kier molecular flexibility index (Phi) is 1.91. The van der Waals surface area contributed by atoms with Gasteiger partial charge in [0, 0.05) is 0 Å². The molecule has 0 aliphatic rings. The van der Waals surface area contributed by atoms with Gasteiger partial charge in [-0.1, -0.05) is 6.07 Å². The van der Waals surface area contributed by atoms with E-state index < -0.39 is 0 Å². The predicted octanol–water partition coefficient (Wildman–Crippen LogP) is 2.78. The molecule has 4 heteroatoms. The number of fused-ring (bicyclic) bond motifs is 1. The van der Waals surface area contributed by atoms with Crippen LogP contribution in [0.15, 0.2) is 24.5 Å². The maximum Gasteiger partial charge on any atom is 0.189 e. The minimum atomic E-state index is 0.383. The summed E-state index contributed by atoms with van der Waals surface area (Å²) in [6.45, 7) is 6.83. The van der Waals surface area contributed by atoms with Crippen molar-refractivity contribution in [3.05, 3.63) is 35.9 Å². The number of alkyl halides is 1. The lowest BCUT2D eigenvalue weighted by molar-refractivity contribution is 0.914. The first kappa shape index (κ1) is 8.09. The summed E-state index contributed by atoms with van der Waals surface area (Å²) >= 11 is 5.68. The number of hydrogen-bond acceptors (Lipinski definition) is 1. The molecule has 0 spiro atoms. The summed E-state index contributed by atoms with van der Waals surface area (Å²) < 4.78 is 1.82. The van der Waals surface area contributed by atoms with Crippen LogP contribution >= 0.6 is 11.6 Å². The van der Waals surface area contributed by atoms with Gasteiger partial charge >= 0.3 is 0 Å². The zero-order valence-electron chi connectivity index (χ0n) is 6.74. The Hall–Kier alpha value is -1.53. The summed E-state index contributed by atoms with van der Waals surface area (Å²) in [6, 6.07) is 5.76. The molecule has 0 aliphatic carbocycles. The van der Waals surface area contributed by atoms with Gasteiger partial charge in [-0.25, -0.2) is 9.83 Å². The summed E-state index contributed by atoms with van der Waals surface area (Å²) in [5.74, 6) is 0. The molecule has 0 radical (unpaired) electrons. The molecule has 0 unspecified atom stereocenters. The minimum Gasteiger partial charge on any atom is -0.316 e. The van der Waals surface area contributed by atoms with E-state index in [-0.39, 0.29) is 0 Å². The van der Waals surface area contributed by atoms with Crippen LogP contribution in [-0.4, -0.2) is 9.55 Å². The van der Waals surface area contributed by atoms with Gasteiger partial charge in [-0.3, -0.25) is 0 Å². The van der Waals surface area contributed by atoms with Crippen molar-refractivity contribution < 1.29 is 0 Å². The molecule has 3 nitrogen and oxygen atoms in total. The molecule has 0 N–H and O–H groups in total. The van der Waals surface area contributed by atoms with Crippen LogP contribution in [0.4, 0.5) is 5.69 Å². The van der Waals surface area contributed by atoms with Gasteiger partial charge in [-0.05, 0) is 12.1 Å². The summed E-state index contributed by atoms with van der Waals surface area (Å²) in [5.41, 5.74) is 2.38. The maximum absolute atomic E-state index is 6.83. The first-order chi connectivity index (χ1) is 6.35. The van der Waals surface area contributed by atoms with Gasteiger partial charge in [0.1, 0.15) is 0 Å². The van der Waals surface area contributed by atoms with Crippen LogP contribution < -0.4 is 0 Å². The average Bonchev–Trinajstić information content (AvgIpc) is 2.59. The average molecular weight is 192 g/mol. The molecular formula is C9H6ClN3. The highest BCUT2D eigenvalue weighted by Gasteiger charge is 2.01. The lowest BCUT2D eigenvalue weighted by atomic mass is 10.3. The van der Waals surface area contributed by atoms with Crippen molar-refractivity contribution in [2.45, 2.75) is 6.00 Å². The number of hydrogen-bond donors (Lipinski definition) is 0. The molecule has 64 valence electrons. The normalized spacial score (nSPS) is 10.2. The standard InChI is InChI=1S/C9H6ClN3/c1-11-7-2-3-9-8(4-7)12-6-13(9)5-10/h2-4,6H,5H2. The van der Waals surface area contributed by atoms with Crippen LogP contribution in [0.3, 0.4) is 0 Å². The zero-order chi connectivity index (χ0) is 9.26. The van der Waals surface area contributed by atoms with Gasteiger partial charge in [-0.2, -0.15) is 0 Å². The lowest BCUT2D eigenvalue weighted by Gasteiger charge is -1.96. The van der Waals surface area contributed by atoms with E-state index >= 15 is 0 Å². The minimum absolute atomic E-state index is 0.383. The highest BCUT2D eigenvalue weighted by molar-refractivity contribution is 6.15. The quantitative estimate of drug-likeness (QED) is 0.502. The summed E-state index contributed by atoms with van der Waals surface area (Å²) in [6.07, 6.45) is 1.67. The van der Waals surface area contributed by atoms with Gasteiger partial charge in [0.05, 0.1) is 29.9 Å². The van der Waals surface area contributed by atoms with E-state index in [9.17, 15) is 0 Å². The first-order valence-electron chi connectivity index (χ1n) is 3.73. The number of imidazole rings is 1. The fourth-order valence-electron chi connectivity index (χ4n) is 1.22. The molecule has 2 rings (SSSR count). The van der Waals surface area contributed by atoms with E-state index in [1.807, 2.05) is 10.6 Å². The van der Waals surface area contributed by atoms with Crippen LogP contribution in [0.25, 0.3) is 15.9 Å². The SMILES string of the molecule is [C-]#[N+]c1ccc2c(c1)ncn2CCl. The molecule has 13 heavy (non-hydrogen) atoms. The Morgan fingerprint density at radius 1 is 1.54 bits per heavy atom. The van der Waals surface area contributed by atoms with E-state index in [4.69, 9.17) is 18.2 Å². The van der Waals surface area contributed by atoms with E-state index in [0.717, 1.165) is 11.0 Å². The first-order valence-corrected chi connectivity index (χ1v) is 4.27. The summed E-state index contributed by atoms with van der Waals surface area (Å²) in [5, 5.41) is 0. The Labute approximate surface area is 80.4 Å². The fraction of sp³-hybridized carbons (Fsp3) is 0.111. The Morgan fingerprint density at radius 2 is 2.38 bits per heavy atom. The third kappa shape index (κ3) is 1.25. The Balaban J connectivity index is 2.70.